The van der Waals surface area contributed by atoms with Crippen molar-refractivity contribution in [3.05, 3.63) is 53.6 Å². The Balaban J connectivity index is 1.83. The van der Waals surface area contributed by atoms with Crippen LogP contribution in [0.5, 0.6) is 0 Å². The number of carboxylic acids is 1. The summed E-state index contributed by atoms with van der Waals surface area (Å²) in [6.45, 7) is 2.63. The lowest BCUT2D eigenvalue weighted by atomic mass is 10.1. The fraction of sp³-hybridized carbons (Fsp3) is 0.381. The molecule has 0 unspecified atom stereocenters. The topological polar surface area (TPSA) is 121 Å². The molecule has 1 aliphatic rings. The molecule has 1 heterocycles. The Hall–Kier alpha value is -2.43. The van der Waals surface area contributed by atoms with Crippen LogP contribution in [0.15, 0.2) is 52.3 Å². The molecule has 0 bridgehead atoms. The van der Waals surface area contributed by atoms with Gasteiger partial charge in [-0.15, -0.1) is 0 Å². The highest BCUT2D eigenvalue weighted by atomic mass is 32.2. The first kappa shape index (κ1) is 23.2. The minimum Gasteiger partial charge on any atom is -0.481 e. The Morgan fingerprint density at radius 1 is 0.968 bits per heavy atom. The van der Waals surface area contributed by atoms with E-state index in [2.05, 4.69) is 4.72 Å². The van der Waals surface area contributed by atoms with Gasteiger partial charge in [0.15, 0.2) is 0 Å². The number of nitrogens with one attached hydrogen (secondary N) is 1. The summed E-state index contributed by atoms with van der Waals surface area (Å²) in [6.07, 6.45) is 2.89. The van der Waals surface area contributed by atoms with Gasteiger partial charge in [0.25, 0.3) is 10.0 Å². The zero-order valence-electron chi connectivity index (χ0n) is 17.2. The number of nitrogens with zero attached hydrogens (tertiary/aromatic N) is 1. The second-order valence-corrected chi connectivity index (χ2v) is 11.2. The largest absolute Gasteiger partial charge is 0.481 e. The molecule has 0 radical (unpaired) electrons. The van der Waals surface area contributed by atoms with E-state index in [4.69, 9.17) is 5.11 Å². The summed E-state index contributed by atoms with van der Waals surface area (Å²) in [5.74, 6) is -0.923. The van der Waals surface area contributed by atoms with Gasteiger partial charge in [-0.3, -0.25) is 9.52 Å². The second kappa shape index (κ2) is 9.37. The molecule has 0 atom stereocenters. The van der Waals surface area contributed by atoms with Crippen molar-refractivity contribution in [1.29, 1.82) is 0 Å². The van der Waals surface area contributed by atoms with Crippen molar-refractivity contribution >= 4 is 31.7 Å². The standard InChI is InChI=1S/C21H26N2O6S2/c1-16-5-9-19(31(28,29)23-13-3-2-4-14-23)15-20(16)22-30(26,27)18-10-6-17(7-11-18)8-12-21(24)25/h5-7,9-11,15,22H,2-4,8,12-14H2,1H3,(H,24,25). The number of hydrogen-bond acceptors (Lipinski definition) is 5. The van der Waals surface area contributed by atoms with Crippen LogP contribution in [-0.4, -0.2) is 45.3 Å². The highest BCUT2D eigenvalue weighted by molar-refractivity contribution is 7.92. The monoisotopic (exact) mass is 466 g/mol. The van der Waals surface area contributed by atoms with E-state index >= 15 is 0 Å². The van der Waals surface area contributed by atoms with Crippen molar-refractivity contribution in [2.75, 3.05) is 17.8 Å². The van der Waals surface area contributed by atoms with E-state index in [0.717, 1.165) is 19.3 Å². The molecular weight excluding hydrogens is 440 g/mol. The minimum atomic E-state index is -3.95. The molecule has 3 rings (SSSR count). The van der Waals surface area contributed by atoms with E-state index < -0.39 is 26.0 Å². The van der Waals surface area contributed by atoms with Gasteiger partial charge in [-0.2, -0.15) is 4.31 Å². The van der Waals surface area contributed by atoms with Crippen molar-refractivity contribution in [1.82, 2.24) is 4.31 Å². The van der Waals surface area contributed by atoms with Crippen LogP contribution >= 0.6 is 0 Å². The third-order valence-corrected chi connectivity index (χ3v) is 8.54. The summed E-state index contributed by atoms with van der Waals surface area (Å²) in [5.41, 5.74) is 1.51. The molecule has 0 aromatic heterocycles. The molecule has 0 saturated carbocycles. The maximum Gasteiger partial charge on any atom is 0.303 e. The Labute approximate surface area is 183 Å². The summed E-state index contributed by atoms with van der Waals surface area (Å²) in [7, 11) is -7.64. The molecule has 168 valence electrons. The molecule has 0 aliphatic carbocycles. The predicted octanol–water partition coefficient (Wildman–Crippen LogP) is 2.99. The van der Waals surface area contributed by atoms with Gasteiger partial charge in [-0.25, -0.2) is 16.8 Å². The summed E-state index contributed by atoms with van der Waals surface area (Å²) in [4.78, 5) is 10.7. The van der Waals surface area contributed by atoms with Crippen LogP contribution in [0.1, 0.15) is 36.8 Å². The maximum atomic E-state index is 12.9. The minimum absolute atomic E-state index is 0.00951. The Kier molecular flexibility index (Phi) is 7.03. The average Bonchev–Trinajstić information content (AvgIpc) is 2.74. The fourth-order valence-corrected chi connectivity index (χ4v) is 6.08. The van der Waals surface area contributed by atoms with Crippen molar-refractivity contribution in [3.8, 4) is 0 Å². The number of carboxylic acid groups (broad SMARTS) is 1. The SMILES string of the molecule is Cc1ccc(S(=O)(=O)N2CCCCC2)cc1NS(=O)(=O)c1ccc(CCC(=O)O)cc1. The lowest BCUT2D eigenvalue weighted by molar-refractivity contribution is -0.136. The third-order valence-electron chi connectivity index (χ3n) is 5.27. The lowest BCUT2D eigenvalue weighted by Gasteiger charge is -2.26. The fourth-order valence-electron chi connectivity index (χ4n) is 3.42. The zero-order valence-corrected chi connectivity index (χ0v) is 18.9. The number of hydrogen-bond donors (Lipinski definition) is 2. The first-order valence-corrected chi connectivity index (χ1v) is 13.0. The summed E-state index contributed by atoms with van der Waals surface area (Å²) in [5, 5.41) is 8.76. The van der Waals surface area contributed by atoms with Crippen LogP contribution in [0.3, 0.4) is 0 Å². The molecule has 1 saturated heterocycles. The van der Waals surface area contributed by atoms with Gasteiger partial charge in [0.1, 0.15) is 0 Å². The number of rotatable bonds is 8. The van der Waals surface area contributed by atoms with Crippen LogP contribution < -0.4 is 4.72 Å². The smallest absolute Gasteiger partial charge is 0.303 e. The normalized spacial score (nSPS) is 15.5. The molecule has 0 spiro atoms. The molecule has 2 aromatic carbocycles. The quantitative estimate of drug-likeness (QED) is 0.617. The highest BCUT2D eigenvalue weighted by Gasteiger charge is 2.27. The first-order chi connectivity index (χ1) is 14.6. The lowest BCUT2D eigenvalue weighted by Crippen LogP contribution is -2.35. The first-order valence-electron chi connectivity index (χ1n) is 10.0. The molecule has 8 nitrogen and oxygen atoms in total. The van der Waals surface area contributed by atoms with E-state index in [1.165, 1.54) is 28.6 Å². The Morgan fingerprint density at radius 3 is 2.19 bits per heavy atom. The van der Waals surface area contributed by atoms with Crippen LogP contribution in [0, 0.1) is 6.92 Å². The van der Waals surface area contributed by atoms with Gasteiger partial charge in [0, 0.05) is 19.5 Å². The highest BCUT2D eigenvalue weighted by Crippen LogP contribution is 2.27. The van der Waals surface area contributed by atoms with Gasteiger partial charge in [-0.05, 0) is 61.6 Å². The van der Waals surface area contributed by atoms with E-state index in [0.29, 0.717) is 30.6 Å². The zero-order chi connectivity index (χ0) is 22.6. The molecule has 2 aromatic rings. The van der Waals surface area contributed by atoms with E-state index in [-0.39, 0.29) is 21.9 Å². The van der Waals surface area contributed by atoms with Gasteiger partial charge < -0.3 is 5.11 Å². The molecule has 31 heavy (non-hydrogen) atoms. The molecule has 1 fully saturated rings. The van der Waals surface area contributed by atoms with Crippen molar-refractivity contribution in [2.45, 2.75) is 48.8 Å². The maximum absolute atomic E-state index is 12.9. The summed E-state index contributed by atoms with van der Waals surface area (Å²) < 4.78 is 55.5. The number of piperidine rings is 1. The molecule has 0 amide bonds. The van der Waals surface area contributed by atoms with E-state index in [9.17, 15) is 21.6 Å². The average molecular weight is 467 g/mol. The molecule has 10 heteroatoms. The van der Waals surface area contributed by atoms with Crippen LogP contribution in [0.4, 0.5) is 5.69 Å². The number of aryl methyl sites for hydroxylation is 2. The Bertz CT molecular complexity index is 1150. The Morgan fingerprint density at radius 2 is 1.58 bits per heavy atom. The van der Waals surface area contributed by atoms with Gasteiger partial charge in [-0.1, -0.05) is 24.6 Å². The van der Waals surface area contributed by atoms with Gasteiger partial charge in [0.2, 0.25) is 10.0 Å². The molecule has 2 N–H and O–H groups in total. The number of anilines is 1. The van der Waals surface area contributed by atoms with Crippen molar-refractivity contribution in [2.24, 2.45) is 0 Å². The molecular formula is C21H26N2O6S2. The van der Waals surface area contributed by atoms with Crippen LogP contribution in [0.25, 0.3) is 0 Å². The molecule has 1 aliphatic heterocycles. The number of aliphatic carboxylic acids is 1. The third kappa shape index (κ3) is 5.63. The number of carbonyl (C=O) groups is 1. The van der Waals surface area contributed by atoms with Gasteiger partial charge in [0.05, 0.1) is 15.5 Å². The number of sulfonamides is 2. The van der Waals surface area contributed by atoms with Crippen LogP contribution in [-0.2, 0) is 31.3 Å². The van der Waals surface area contributed by atoms with Crippen molar-refractivity contribution in [3.63, 3.8) is 0 Å². The summed E-state index contributed by atoms with van der Waals surface area (Å²) >= 11 is 0. The number of benzene rings is 2. The second-order valence-electron chi connectivity index (χ2n) is 7.58. The predicted molar refractivity (Wildman–Crippen MR) is 117 cm³/mol. The van der Waals surface area contributed by atoms with Gasteiger partial charge >= 0.3 is 5.97 Å². The van der Waals surface area contributed by atoms with E-state index in [1.807, 2.05) is 0 Å². The van der Waals surface area contributed by atoms with E-state index in [1.54, 1.807) is 25.1 Å². The van der Waals surface area contributed by atoms with Crippen molar-refractivity contribution < 1.29 is 26.7 Å². The summed E-state index contributed by atoms with van der Waals surface area (Å²) in [6, 6.07) is 10.4. The van der Waals surface area contributed by atoms with Crippen LogP contribution in [0.2, 0.25) is 0 Å².